The van der Waals surface area contributed by atoms with E-state index in [-0.39, 0.29) is 10.8 Å². The Labute approximate surface area is 118 Å². The molecular formula is C10H12F3N3O4S. The smallest absolute Gasteiger partial charge is 0.329 e. The van der Waals surface area contributed by atoms with Gasteiger partial charge in [0.1, 0.15) is 6.54 Å². The van der Waals surface area contributed by atoms with E-state index < -0.39 is 44.8 Å². The van der Waals surface area contributed by atoms with Crippen LogP contribution in [0.1, 0.15) is 0 Å². The lowest BCUT2D eigenvalue weighted by Crippen LogP contribution is -2.41. The van der Waals surface area contributed by atoms with Crippen molar-refractivity contribution in [3.8, 4) is 0 Å². The molecule has 0 saturated heterocycles. The number of sulfonamides is 1. The molecule has 0 fully saturated rings. The lowest BCUT2D eigenvalue weighted by molar-refractivity contribution is -0.387. The van der Waals surface area contributed by atoms with Crippen LogP contribution in [0.3, 0.4) is 0 Å². The summed E-state index contributed by atoms with van der Waals surface area (Å²) in [6.45, 7) is -2.72. The van der Waals surface area contributed by atoms with Gasteiger partial charge in [-0.05, 0) is 6.07 Å². The van der Waals surface area contributed by atoms with E-state index in [1.807, 2.05) is 0 Å². The molecule has 7 nitrogen and oxygen atoms in total. The molecule has 1 rings (SSSR count). The van der Waals surface area contributed by atoms with Crippen LogP contribution in [0, 0.1) is 10.1 Å². The van der Waals surface area contributed by atoms with E-state index in [0.29, 0.717) is 0 Å². The molecule has 21 heavy (non-hydrogen) atoms. The van der Waals surface area contributed by atoms with Gasteiger partial charge in [-0.25, -0.2) is 8.42 Å². The van der Waals surface area contributed by atoms with Crippen molar-refractivity contribution in [2.45, 2.75) is 11.1 Å². The fraction of sp³-hybridized carbons (Fsp3) is 0.400. The number of halogens is 3. The number of nitrogens with zero attached hydrogens (tertiary/aromatic N) is 2. The fourth-order valence-corrected chi connectivity index (χ4v) is 3.19. The van der Waals surface area contributed by atoms with Crippen LogP contribution in [0.25, 0.3) is 0 Å². The number of hydrogen-bond donors (Lipinski definition) is 1. The van der Waals surface area contributed by atoms with Gasteiger partial charge < -0.3 is 5.73 Å². The van der Waals surface area contributed by atoms with Gasteiger partial charge >= 0.3 is 6.18 Å². The van der Waals surface area contributed by atoms with Crippen molar-refractivity contribution in [3.63, 3.8) is 0 Å². The van der Waals surface area contributed by atoms with Crippen LogP contribution in [0.15, 0.2) is 29.2 Å². The van der Waals surface area contributed by atoms with Crippen molar-refractivity contribution in [2.75, 3.05) is 19.6 Å². The lowest BCUT2D eigenvalue weighted by atomic mass is 10.3. The molecule has 0 radical (unpaired) electrons. The minimum absolute atomic E-state index is 0.0787. The molecular weight excluding hydrogens is 315 g/mol. The Morgan fingerprint density at radius 2 is 1.86 bits per heavy atom. The number of nitrogens with two attached hydrogens (primary N) is 1. The third-order valence-corrected chi connectivity index (χ3v) is 4.31. The van der Waals surface area contributed by atoms with Crippen LogP contribution >= 0.6 is 0 Å². The standard InChI is InChI=1S/C10H12F3N3O4S/c11-10(12,13)7-15(6-5-14)21(19,20)9-4-2-1-3-8(9)16(17)18/h1-4H,5-7,14H2. The topological polar surface area (TPSA) is 107 Å². The van der Waals surface area contributed by atoms with E-state index in [9.17, 15) is 31.7 Å². The van der Waals surface area contributed by atoms with Crippen molar-refractivity contribution in [1.29, 1.82) is 0 Å². The molecule has 1 aromatic rings. The molecule has 1 aromatic carbocycles. The SMILES string of the molecule is NCCN(CC(F)(F)F)S(=O)(=O)c1ccccc1[N+](=O)[O-]. The van der Waals surface area contributed by atoms with Gasteiger partial charge in [-0.1, -0.05) is 12.1 Å². The van der Waals surface area contributed by atoms with Crippen molar-refractivity contribution in [1.82, 2.24) is 4.31 Å². The first-order valence-electron chi connectivity index (χ1n) is 5.60. The summed E-state index contributed by atoms with van der Waals surface area (Å²) in [6.07, 6.45) is -4.79. The van der Waals surface area contributed by atoms with Crippen LogP contribution in [0.5, 0.6) is 0 Å². The van der Waals surface area contributed by atoms with E-state index in [4.69, 9.17) is 5.73 Å². The van der Waals surface area contributed by atoms with Crippen LogP contribution in [-0.2, 0) is 10.0 Å². The summed E-state index contributed by atoms with van der Waals surface area (Å²) >= 11 is 0. The highest BCUT2D eigenvalue weighted by Crippen LogP contribution is 2.28. The number of nitro benzene ring substituents is 1. The zero-order valence-corrected chi connectivity index (χ0v) is 11.4. The molecule has 0 spiro atoms. The Bertz CT molecular complexity index is 618. The maximum atomic E-state index is 12.5. The monoisotopic (exact) mass is 327 g/mol. The van der Waals surface area contributed by atoms with Crippen molar-refractivity contribution >= 4 is 15.7 Å². The van der Waals surface area contributed by atoms with Gasteiger partial charge in [0.25, 0.3) is 5.69 Å². The fourth-order valence-electron chi connectivity index (χ4n) is 1.59. The molecule has 0 aromatic heterocycles. The summed E-state index contributed by atoms with van der Waals surface area (Å²) in [4.78, 5) is 9.04. The van der Waals surface area contributed by atoms with E-state index >= 15 is 0 Å². The third kappa shape index (κ3) is 4.37. The Morgan fingerprint density at radius 1 is 1.29 bits per heavy atom. The van der Waals surface area contributed by atoms with E-state index in [0.717, 1.165) is 12.1 Å². The third-order valence-electron chi connectivity index (χ3n) is 2.41. The molecule has 118 valence electrons. The zero-order valence-electron chi connectivity index (χ0n) is 10.6. The summed E-state index contributed by atoms with van der Waals surface area (Å²) in [5.41, 5.74) is 4.32. The molecule has 0 aliphatic heterocycles. The molecule has 2 N–H and O–H groups in total. The number of alkyl halides is 3. The summed E-state index contributed by atoms with van der Waals surface area (Å²) in [6, 6.07) is 4.19. The summed E-state index contributed by atoms with van der Waals surface area (Å²) in [7, 11) is -4.68. The molecule has 0 saturated carbocycles. The average Bonchev–Trinajstić information content (AvgIpc) is 2.36. The van der Waals surface area contributed by atoms with Crippen molar-refractivity contribution in [2.24, 2.45) is 5.73 Å². The largest absolute Gasteiger partial charge is 0.402 e. The number of benzene rings is 1. The van der Waals surface area contributed by atoms with Gasteiger partial charge in [-0.15, -0.1) is 0 Å². The second-order valence-corrected chi connectivity index (χ2v) is 5.87. The minimum Gasteiger partial charge on any atom is -0.329 e. The van der Waals surface area contributed by atoms with Crippen molar-refractivity contribution < 1.29 is 26.5 Å². The number of para-hydroxylation sites is 1. The quantitative estimate of drug-likeness (QED) is 0.622. The highest BCUT2D eigenvalue weighted by atomic mass is 32.2. The van der Waals surface area contributed by atoms with E-state index in [1.165, 1.54) is 12.1 Å². The average molecular weight is 327 g/mol. The summed E-state index contributed by atoms with van der Waals surface area (Å²) < 4.78 is 61.8. The second-order valence-electron chi connectivity index (χ2n) is 3.97. The Morgan fingerprint density at radius 3 is 2.33 bits per heavy atom. The predicted molar refractivity (Wildman–Crippen MR) is 67.0 cm³/mol. The highest BCUT2D eigenvalue weighted by Gasteiger charge is 2.39. The molecule has 0 unspecified atom stereocenters. The molecule has 0 aliphatic rings. The number of hydrogen-bond acceptors (Lipinski definition) is 5. The Hall–Kier alpha value is -1.72. The van der Waals surface area contributed by atoms with Gasteiger partial charge in [-0.3, -0.25) is 10.1 Å². The first-order valence-corrected chi connectivity index (χ1v) is 7.04. The van der Waals surface area contributed by atoms with Crippen molar-refractivity contribution in [3.05, 3.63) is 34.4 Å². The molecule has 0 atom stereocenters. The molecule has 0 amide bonds. The molecule has 11 heteroatoms. The lowest BCUT2D eigenvalue weighted by Gasteiger charge is -2.22. The minimum atomic E-state index is -4.79. The summed E-state index contributed by atoms with van der Waals surface area (Å²) in [5.74, 6) is 0. The first-order chi connectivity index (χ1) is 9.59. The molecule has 0 heterocycles. The van der Waals surface area contributed by atoms with Crippen LogP contribution < -0.4 is 5.73 Å². The van der Waals surface area contributed by atoms with Crippen LogP contribution in [0.4, 0.5) is 18.9 Å². The van der Waals surface area contributed by atoms with Gasteiger partial charge in [0.15, 0.2) is 4.90 Å². The van der Waals surface area contributed by atoms with Gasteiger partial charge in [0.2, 0.25) is 10.0 Å². The van der Waals surface area contributed by atoms with Gasteiger partial charge in [0.05, 0.1) is 4.92 Å². The Balaban J connectivity index is 3.33. The maximum absolute atomic E-state index is 12.5. The first kappa shape index (κ1) is 17.3. The van der Waals surface area contributed by atoms with E-state index in [1.54, 1.807) is 0 Å². The second kappa shape index (κ2) is 6.37. The zero-order chi connectivity index (χ0) is 16.3. The molecule has 0 bridgehead atoms. The Kier molecular flexibility index (Phi) is 5.25. The van der Waals surface area contributed by atoms with Crippen LogP contribution in [-0.4, -0.2) is 43.5 Å². The predicted octanol–water partition coefficient (Wildman–Crippen LogP) is 1.11. The van der Waals surface area contributed by atoms with Gasteiger partial charge in [0, 0.05) is 19.2 Å². The van der Waals surface area contributed by atoms with Gasteiger partial charge in [-0.2, -0.15) is 17.5 Å². The van der Waals surface area contributed by atoms with Crippen LogP contribution in [0.2, 0.25) is 0 Å². The molecule has 0 aliphatic carbocycles. The number of rotatable bonds is 6. The number of nitro groups is 1. The maximum Gasteiger partial charge on any atom is 0.402 e. The normalized spacial score (nSPS) is 12.6. The summed E-state index contributed by atoms with van der Waals surface area (Å²) in [5, 5.41) is 10.8. The van der Waals surface area contributed by atoms with E-state index in [2.05, 4.69) is 0 Å². The highest BCUT2D eigenvalue weighted by molar-refractivity contribution is 7.89.